The third-order valence-corrected chi connectivity index (χ3v) is 4.44. The standard InChI is InChI=1S/C21H34FN3O3/c1-15(2)12-18(23)19(26)13-21(28)24-11-5-3-4-6-20(27)25-14-16-7-9-17(22)10-8-16/h7-10,15,18-19,26H,3-6,11-14,23H2,1-2H3,(H,24,28)(H,25,27)/t18-,19-/m0/s1. The van der Waals surface area contributed by atoms with Gasteiger partial charge in [0.05, 0.1) is 12.5 Å². The van der Waals surface area contributed by atoms with Crippen molar-refractivity contribution >= 4 is 11.8 Å². The maximum Gasteiger partial charge on any atom is 0.222 e. The van der Waals surface area contributed by atoms with Gasteiger partial charge in [-0.3, -0.25) is 9.59 Å². The molecule has 5 N–H and O–H groups in total. The smallest absolute Gasteiger partial charge is 0.222 e. The zero-order chi connectivity index (χ0) is 20.9. The summed E-state index contributed by atoms with van der Waals surface area (Å²) in [4.78, 5) is 23.6. The molecule has 0 heterocycles. The predicted molar refractivity (Wildman–Crippen MR) is 108 cm³/mol. The quantitative estimate of drug-likeness (QED) is 0.385. The highest BCUT2D eigenvalue weighted by molar-refractivity contribution is 5.76. The Labute approximate surface area is 167 Å². The summed E-state index contributed by atoms with van der Waals surface area (Å²) < 4.78 is 12.8. The molecule has 2 atom stereocenters. The molecule has 0 aliphatic carbocycles. The third kappa shape index (κ3) is 11.0. The molecule has 0 saturated carbocycles. The molecule has 0 spiro atoms. The summed E-state index contributed by atoms with van der Waals surface area (Å²) in [6.07, 6.45) is 2.60. The predicted octanol–water partition coefficient (Wildman–Crippen LogP) is 2.24. The molecule has 0 fully saturated rings. The number of rotatable bonds is 13. The van der Waals surface area contributed by atoms with Crippen LogP contribution in [0.2, 0.25) is 0 Å². The van der Waals surface area contributed by atoms with Gasteiger partial charge in [-0.25, -0.2) is 4.39 Å². The summed E-state index contributed by atoms with van der Waals surface area (Å²) in [6, 6.07) is 5.63. The van der Waals surface area contributed by atoms with Crippen LogP contribution in [0.25, 0.3) is 0 Å². The fourth-order valence-electron chi connectivity index (χ4n) is 2.82. The molecule has 1 rings (SSSR count). The minimum absolute atomic E-state index is 0.0136. The zero-order valence-electron chi connectivity index (χ0n) is 16.9. The zero-order valence-corrected chi connectivity index (χ0v) is 16.9. The van der Waals surface area contributed by atoms with E-state index in [-0.39, 0.29) is 30.1 Å². The lowest BCUT2D eigenvalue weighted by Crippen LogP contribution is -2.39. The van der Waals surface area contributed by atoms with Gasteiger partial charge in [0.1, 0.15) is 5.82 Å². The Balaban J connectivity index is 2.05. The summed E-state index contributed by atoms with van der Waals surface area (Å²) in [5.74, 6) is -0.171. The van der Waals surface area contributed by atoms with Crippen LogP contribution < -0.4 is 16.4 Å². The summed E-state index contributed by atoms with van der Waals surface area (Å²) in [5, 5.41) is 15.5. The van der Waals surface area contributed by atoms with Crippen molar-refractivity contribution < 1.29 is 19.1 Å². The number of carbonyl (C=O) groups is 2. The maximum atomic E-state index is 12.8. The van der Waals surface area contributed by atoms with Gasteiger partial charge in [0.25, 0.3) is 0 Å². The number of aliphatic hydroxyl groups excluding tert-OH is 1. The van der Waals surface area contributed by atoms with Crippen LogP contribution in [-0.2, 0) is 16.1 Å². The van der Waals surface area contributed by atoms with Gasteiger partial charge in [-0.15, -0.1) is 0 Å². The van der Waals surface area contributed by atoms with Crippen molar-refractivity contribution in [2.24, 2.45) is 11.7 Å². The molecule has 1 aromatic carbocycles. The molecule has 2 amide bonds. The molecule has 28 heavy (non-hydrogen) atoms. The van der Waals surface area contributed by atoms with Crippen LogP contribution >= 0.6 is 0 Å². The Morgan fingerprint density at radius 1 is 1.07 bits per heavy atom. The van der Waals surface area contributed by atoms with Crippen LogP contribution in [0.1, 0.15) is 57.9 Å². The molecular weight excluding hydrogens is 361 g/mol. The number of aliphatic hydroxyl groups is 1. The molecule has 158 valence electrons. The average Bonchev–Trinajstić information content (AvgIpc) is 2.63. The first kappa shape index (κ1) is 24.0. The Bertz CT molecular complexity index is 593. The lowest BCUT2D eigenvalue weighted by Gasteiger charge is -2.20. The van der Waals surface area contributed by atoms with E-state index in [0.29, 0.717) is 31.8 Å². The number of amides is 2. The monoisotopic (exact) mass is 395 g/mol. The number of hydrogen-bond donors (Lipinski definition) is 4. The molecule has 0 aliphatic rings. The van der Waals surface area contributed by atoms with Gasteiger partial charge >= 0.3 is 0 Å². The SMILES string of the molecule is CC(C)C[C@H](N)[C@@H](O)CC(=O)NCCCCCC(=O)NCc1ccc(F)cc1. The second-order valence-electron chi connectivity index (χ2n) is 7.63. The number of nitrogens with two attached hydrogens (primary N) is 1. The van der Waals surface area contributed by atoms with Gasteiger partial charge in [0, 0.05) is 25.6 Å². The van der Waals surface area contributed by atoms with Crippen LogP contribution in [0.15, 0.2) is 24.3 Å². The van der Waals surface area contributed by atoms with Crippen molar-refractivity contribution in [3.05, 3.63) is 35.6 Å². The topological polar surface area (TPSA) is 104 Å². The van der Waals surface area contributed by atoms with Crippen molar-refractivity contribution in [1.82, 2.24) is 10.6 Å². The fraction of sp³-hybridized carbons (Fsp3) is 0.619. The Morgan fingerprint density at radius 3 is 2.39 bits per heavy atom. The minimum Gasteiger partial charge on any atom is -0.391 e. The molecule has 0 aliphatic heterocycles. The molecule has 0 bridgehead atoms. The highest BCUT2D eigenvalue weighted by Gasteiger charge is 2.19. The number of benzene rings is 1. The first-order chi connectivity index (χ1) is 13.3. The minimum atomic E-state index is -0.827. The van der Waals surface area contributed by atoms with E-state index in [1.54, 1.807) is 12.1 Å². The molecule has 0 saturated heterocycles. The molecule has 7 heteroatoms. The number of carbonyl (C=O) groups excluding carboxylic acids is 2. The highest BCUT2D eigenvalue weighted by Crippen LogP contribution is 2.08. The Morgan fingerprint density at radius 2 is 1.75 bits per heavy atom. The second-order valence-corrected chi connectivity index (χ2v) is 7.63. The first-order valence-electron chi connectivity index (χ1n) is 9.99. The molecule has 0 radical (unpaired) electrons. The third-order valence-electron chi connectivity index (χ3n) is 4.44. The Kier molecular flexibility index (Phi) is 11.4. The van der Waals surface area contributed by atoms with E-state index < -0.39 is 6.10 Å². The Hall–Kier alpha value is -1.99. The van der Waals surface area contributed by atoms with Crippen LogP contribution in [0.5, 0.6) is 0 Å². The lowest BCUT2D eigenvalue weighted by molar-refractivity contribution is -0.123. The van der Waals surface area contributed by atoms with E-state index in [4.69, 9.17) is 5.73 Å². The van der Waals surface area contributed by atoms with E-state index in [2.05, 4.69) is 10.6 Å². The summed E-state index contributed by atoms with van der Waals surface area (Å²) in [6.45, 7) is 4.95. The number of hydrogen-bond acceptors (Lipinski definition) is 4. The molecule has 0 unspecified atom stereocenters. The highest BCUT2D eigenvalue weighted by atomic mass is 19.1. The molecular formula is C21H34FN3O3. The van der Waals surface area contributed by atoms with E-state index >= 15 is 0 Å². The lowest BCUT2D eigenvalue weighted by atomic mass is 9.98. The van der Waals surface area contributed by atoms with Gasteiger partial charge < -0.3 is 21.5 Å². The van der Waals surface area contributed by atoms with Crippen LogP contribution in [-0.4, -0.2) is 35.6 Å². The molecule has 6 nitrogen and oxygen atoms in total. The van der Waals surface area contributed by atoms with Gasteiger partial charge in [-0.05, 0) is 42.9 Å². The van der Waals surface area contributed by atoms with Crippen molar-refractivity contribution in [1.29, 1.82) is 0 Å². The number of halogens is 1. The van der Waals surface area contributed by atoms with E-state index in [1.807, 2.05) is 13.8 Å². The first-order valence-corrected chi connectivity index (χ1v) is 9.99. The van der Waals surface area contributed by atoms with Gasteiger partial charge in [0.15, 0.2) is 0 Å². The van der Waals surface area contributed by atoms with Crippen molar-refractivity contribution in [2.75, 3.05) is 6.54 Å². The van der Waals surface area contributed by atoms with Crippen LogP contribution in [0, 0.1) is 11.7 Å². The molecule has 0 aromatic heterocycles. The van der Waals surface area contributed by atoms with Crippen molar-refractivity contribution in [2.45, 2.75) is 71.1 Å². The number of nitrogens with one attached hydrogen (secondary N) is 2. The number of unbranched alkanes of at least 4 members (excludes halogenated alkanes) is 2. The maximum absolute atomic E-state index is 12.8. The summed E-state index contributed by atoms with van der Waals surface area (Å²) >= 11 is 0. The van der Waals surface area contributed by atoms with Crippen molar-refractivity contribution in [3.8, 4) is 0 Å². The van der Waals surface area contributed by atoms with Crippen LogP contribution in [0.3, 0.4) is 0 Å². The average molecular weight is 396 g/mol. The van der Waals surface area contributed by atoms with Gasteiger partial charge in [-0.1, -0.05) is 32.4 Å². The van der Waals surface area contributed by atoms with E-state index in [9.17, 15) is 19.1 Å². The molecule has 1 aromatic rings. The fourth-order valence-corrected chi connectivity index (χ4v) is 2.82. The van der Waals surface area contributed by atoms with Crippen molar-refractivity contribution in [3.63, 3.8) is 0 Å². The van der Waals surface area contributed by atoms with Gasteiger partial charge in [-0.2, -0.15) is 0 Å². The van der Waals surface area contributed by atoms with E-state index in [0.717, 1.165) is 24.8 Å². The van der Waals surface area contributed by atoms with Crippen LogP contribution in [0.4, 0.5) is 4.39 Å². The summed E-state index contributed by atoms with van der Waals surface area (Å²) in [7, 11) is 0. The van der Waals surface area contributed by atoms with Gasteiger partial charge in [0.2, 0.25) is 11.8 Å². The largest absolute Gasteiger partial charge is 0.391 e. The normalized spacial score (nSPS) is 13.2. The second kappa shape index (κ2) is 13.2. The summed E-state index contributed by atoms with van der Waals surface area (Å²) in [5.41, 5.74) is 6.73. The van der Waals surface area contributed by atoms with E-state index in [1.165, 1.54) is 12.1 Å².